The van der Waals surface area contributed by atoms with Crippen molar-refractivity contribution in [2.75, 3.05) is 11.0 Å². The molecule has 12 heteroatoms. The fraction of sp³-hybridized carbons (Fsp3) is 0.200. The molecule has 1 unspecified atom stereocenters. The van der Waals surface area contributed by atoms with E-state index in [1.165, 1.54) is 25.1 Å². The van der Waals surface area contributed by atoms with E-state index in [1.54, 1.807) is 30.5 Å². The van der Waals surface area contributed by atoms with Crippen LogP contribution in [0.25, 0.3) is 22.2 Å². The highest BCUT2D eigenvalue weighted by Crippen LogP contribution is 2.34. The first kappa shape index (κ1) is 26.1. The number of anilines is 1. The Morgan fingerprint density at radius 3 is 2.51 bits per heavy atom. The lowest BCUT2D eigenvalue weighted by Gasteiger charge is -2.18. The Morgan fingerprint density at radius 2 is 1.81 bits per heavy atom. The number of halogens is 4. The molecule has 37 heavy (non-hydrogen) atoms. The van der Waals surface area contributed by atoms with E-state index in [0.717, 1.165) is 18.4 Å². The number of amides is 1. The van der Waals surface area contributed by atoms with Crippen LogP contribution in [0.1, 0.15) is 29.7 Å². The molecule has 7 nitrogen and oxygen atoms in total. The third-order valence-electron chi connectivity index (χ3n) is 5.77. The van der Waals surface area contributed by atoms with Crippen molar-refractivity contribution >= 4 is 32.5 Å². The second kappa shape index (κ2) is 9.85. The van der Waals surface area contributed by atoms with E-state index < -0.39 is 39.5 Å². The molecule has 2 aromatic carbocycles. The summed E-state index contributed by atoms with van der Waals surface area (Å²) in [6, 6.07) is 12.7. The molecule has 2 aromatic heterocycles. The van der Waals surface area contributed by atoms with Gasteiger partial charge in [0.25, 0.3) is 0 Å². The zero-order valence-corrected chi connectivity index (χ0v) is 20.5. The number of carbonyl (C=O) groups excluding carboxylic acids is 1. The van der Waals surface area contributed by atoms with Gasteiger partial charge in [0.1, 0.15) is 11.5 Å². The van der Waals surface area contributed by atoms with Crippen LogP contribution in [0.2, 0.25) is 0 Å². The summed E-state index contributed by atoms with van der Waals surface area (Å²) in [7, 11) is -3.83. The number of hydrogen-bond donors (Lipinski definition) is 3. The van der Waals surface area contributed by atoms with E-state index in [1.807, 2.05) is 0 Å². The molecule has 0 bridgehead atoms. The van der Waals surface area contributed by atoms with Crippen molar-refractivity contribution in [3.63, 3.8) is 0 Å². The molecule has 0 radical (unpaired) electrons. The number of nitrogens with one attached hydrogen (secondary N) is 3. The topological polar surface area (TPSA) is 104 Å². The van der Waals surface area contributed by atoms with Gasteiger partial charge < -0.3 is 10.3 Å². The number of carbonyl (C=O) groups is 1. The van der Waals surface area contributed by atoms with Gasteiger partial charge in [-0.25, -0.2) is 17.8 Å². The zero-order chi connectivity index (χ0) is 27.0. The summed E-state index contributed by atoms with van der Waals surface area (Å²) in [6.45, 7) is 1.29. The molecule has 1 atom stereocenters. The van der Waals surface area contributed by atoms with E-state index >= 15 is 0 Å². The molecular formula is C25H22F4N4O3S. The molecule has 2 heterocycles. The van der Waals surface area contributed by atoms with Crippen LogP contribution in [-0.2, 0) is 27.5 Å². The minimum Gasteiger partial charge on any atom is -0.361 e. The summed E-state index contributed by atoms with van der Waals surface area (Å²) in [4.78, 5) is 19.9. The van der Waals surface area contributed by atoms with Gasteiger partial charge in [-0.3, -0.25) is 9.52 Å². The number of aromatic amines is 1. The molecular weight excluding hydrogens is 512 g/mol. The summed E-state index contributed by atoms with van der Waals surface area (Å²) >= 11 is 0. The lowest BCUT2D eigenvalue weighted by Crippen LogP contribution is -2.29. The minimum atomic E-state index is -4.67. The van der Waals surface area contributed by atoms with Crippen molar-refractivity contribution in [1.29, 1.82) is 0 Å². The van der Waals surface area contributed by atoms with Gasteiger partial charge in [-0.05, 0) is 42.3 Å². The first-order chi connectivity index (χ1) is 17.3. The molecule has 3 N–H and O–H groups in total. The largest absolute Gasteiger partial charge is 0.433 e. The van der Waals surface area contributed by atoms with Crippen LogP contribution >= 0.6 is 0 Å². The smallest absolute Gasteiger partial charge is 0.361 e. The number of aromatic nitrogens is 2. The summed E-state index contributed by atoms with van der Waals surface area (Å²) in [5.41, 5.74) is 0.225. The highest BCUT2D eigenvalue weighted by atomic mass is 32.2. The van der Waals surface area contributed by atoms with Gasteiger partial charge in [-0.15, -0.1) is 0 Å². The molecule has 0 saturated carbocycles. The maximum absolute atomic E-state index is 14.4. The third kappa shape index (κ3) is 5.74. The Morgan fingerprint density at radius 1 is 1.08 bits per heavy atom. The summed E-state index contributed by atoms with van der Waals surface area (Å²) in [5.74, 6) is -2.43. The molecule has 0 aliphatic rings. The number of sulfonamides is 1. The Balaban J connectivity index is 1.66. The van der Waals surface area contributed by atoms with Crippen LogP contribution < -0.4 is 10.0 Å². The predicted molar refractivity (Wildman–Crippen MR) is 132 cm³/mol. The number of para-hydroxylation sites is 1. The van der Waals surface area contributed by atoms with E-state index in [4.69, 9.17) is 0 Å². The zero-order valence-electron chi connectivity index (χ0n) is 19.7. The van der Waals surface area contributed by atoms with Gasteiger partial charge in [0.05, 0.1) is 23.6 Å². The average Bonchev–Trinajstić information content (AvgIpc) is 3.31. The van der Waals surface area contributed by atoms with Gasteiger partial charge in [0.2, 0.25) is 15.9 Å². The van der Waals surface area contributed by atoms with Crippen molar-refractivity contribution < 1.29 is 30.8 Å². The number of benzene rings is 2. The van der Waals surface area contributed by atoms with Gasteiger partial charge >= 0.3 is 6.18 Å². The predicted octanol–water partition coefficient (Wildman–Crippen LogP) is 5.18. The fourth-order valence-corrected chi connectivity index (χ4v) is 4.57. The fourth-order valence-electron chi connectivity index (χ4n) is 3.99. The highest BCUT2D eigenvalue weighted by molar-refractivity contribution is 7.92. The Labute approximate surface area is 210 Å². The van der Waals surface area contributed by atoms with Crippen molar-refractivity contribution in [3.8, 4) is 11.3 Å². The first-order valence-electron chi connectivity index (χ1n) is 11.0. The first-order valence-corrected chi connectivity index (χ1v) is 12.9. The lowest BCUT2D eigenvalue weighted by atomic mass is 9.97. The van der Waals surface area contributed by atoms with Gasteiger partial charge in [-0.2, -0.15) is 13.2 Å². The summed E-state index contributed by atoms with van der Waals surface area (Å²) in [5, 5.41) is 3.31. The Hall–Kier alpha value is -3.93. The summed E-state index contributed by atoms with van der Waals surface area (Å²) in [6.07, 6.45) is -2.15. The molecule has 0 saturated heterocycles. The van der Waals surface area contributed by atoms with Gasteiger partial charge in [0, 0.05) is 29.2 Å². The highest BCUT2D eigenvalue weighted by Gasteiger charge is 2.33. The summed E-state index contributed by atoms with van der Waals surface area (Å²) < 4.78 is 80.2. The Bertz CT molecular complexity index is 1580. The number of rotatable bonds is 7. The van der Waals surface area contributed by atoms with Crippen molar-refractivity contribution in [3.05, 3.63) is 83.4 Å². The van der Waals surface area contributed by atoms with Crippen LogP contribution in [0.3, 0.4) is 0 Å². The molecule has 1 amide bonds. The van der Waals surface area contributed by atoms with Crippen LogP contribution in [0.4, 0.5) is 23.2 Å². The second-order valence-corrected chi connectivity index (χ2v) is 10.2. The minimum absolute atomic E-state index is 0.0539. The number of nitrogens with zero attached hydrogens (tertiary/aromatic N) is 1. The van der Waals surface area contributed by atoms with Gasteiger partial charge in [0.15, 0.2) is 0 Å². The molecule has 0 aliphatic carbocycles. The van der Waals surface area contributed by atoms with E-state index in [2.05, 4.69) is 20.0 Å². The maximum Gasteiger partial charge on any atom is 0.433 e. The van der Waals surface area contributed by atoms with E-state index in [-0.39, 0.29) is 23.5 Å². The average molecular weight is 535 g/mol. The number of alkyl halides is 3. The van der Waals surface area contributed by atoms with E-state index in [0.29, 0.717) is 22.0 Å². The quantitative estimate of drug-likeness (QED) is 0.284. The number of H-pyrrole nitrogens is 1. The van der Waals surface area contributed by atoms with Crippen LogP contribution in [0.5, 0.6) is 0 Å². The van der Waals surface area contributed by atoms with Crippen molar-refractivity contribution in [1.82, 2.24) is 15.3 Å². The Kier molecular flexibility index (Phi) is 6.96. The molecule has 4 rings (SSSR count). The monoisotopic (exact) mass is 534 g/mol. The second-order valence-electron chi connectivity index (χ2n) is 8.46. The molecule has 0 spiro atoms. The number of hydrogen-bond acceptors (Lipinski definition) is 4. The number of fused-ring (bicyclic) bond motifs is 1. The molecule has 4 aromatic rings. The standard InChI is InChI=1S/C25H22F4N4O3S/c1-14(16-5-3-7-19(26)23(16)33-37(2,35)36)24(34)31-13-15-9-10-21(25(27,28)29)32-22(15)18-6-4-8-20-17(18)11-12-30-20/h3-12,14,30,33H,13H2,1-2H3,(H,31,34). The van der Waals surface area contributed by atoms with Crippen molar-refractivity contribution in [2.24, 2.45) is 0 Å². The van der Waals surface area contributed by atoms with Crippen LogP contribution in [-0.4, -0.2) is 30.5 Å². The molecule has 0 aliphatic heterocycles. The van der Waals surface area contributed by atoms with E-state index in [9.17, 15) is 30.8 Å². The SMILES string of the molecule is CC(C(=O)NCc1ccc(C(F)(F)F)nc1-c1cccc2[nH]ccc12)c1cccc(F)c1NS(C)(=O)=O. The normalized spacial score (nSPS) is 12.9. The van der Waals surface area contributed by atoms with Gasteiger partial charge in [-0.1, -0.05) is 30.3 Å². The molecule has 0 fully saturated rings. The maximum atomic E-state index is 14.4. The van der Waals surface area contributed by atoms with Crippen LogP contribution in [0, 0.1) is 5.82 Å². The van der Waals surface area contributed by atoms with Crippen LogP contribution in [0.15, 0.2) is 60.8 Å². The number of pyridine rings is 1. The molecule has 194 valence electrons. The van der Waals surface area contributed by atoms with Crippen molar-refractivity contribution in [2.45, 2.75) is 25.6 Å². The lowest BCUT2D eigenvalue weighted by molar-refractivity contribution is -0.141. The third-order valence-corrected chi connectivity index (χ3v) is 6.34.